The first-order valence-electron chi connectivity index (χ1n) is 8.52. The molecule has 2 N–H and O–H groups in total. The Kier molecular flexibility index (Phi) is 4.46. The second-order valence-electron chi connectivity index (χ2n) is 6.41. The molecule has 0 bridgehead atoms. The van der Waals surface area contributed by atoms with Gasteiger partial charge in [0, 0.05) is 17.7 Å². The van der Waals surface area contributed by atoms with Gasteiger partial charge in [-0.1, -0.05) is 44.0 Å². The van der Waals surface area contributed by atoms with Crippen molar-refractivity contribution >= 4 is 22.4 Å². The molecule has 1 atom stereocenters. The quantitative estimate of drug-likeness (QED) is 0.632. The number of nitrogen functional groups attached to an aromatic ring is 1. The zero-order valence-electron chi connectivity index (χ0n) is 13.8. The van der Waals surface area contributed by atoms with Gasteiger partial charge in [0.05, 0.1) is 22.5 Å². The molecule has 0 fully saturated rings. The van der Waals surface area contributed by atoms with E-state index in [0.717, 1.165) is 29.4 Å². The fraction of sp³-hybridized carbons (Fsp3) is 0.400. The van der Waals surface area contributed by atoms with Crippen molar-refractivity contribution in [3.05, 3.63) is 47.7 Å². The topological polar surface area (TPSA) is 56.0 Å². The number of allylic oxidation sites excluding steroid dienone is 1. The number of benzene rings is 1. The van der Waals surface area contributed by atoms with Crippen LogP contribution in [0, 0.1) is 5.92 Å². The first-order chi connectivity index (χ1) is 11.2. The van der Waals surface area contributed by atoms with Crippen molar-refractivity contribution in [3.63, 3.8) is 0 Å². The van der Waals surface area contributed by atoms with Crippen LogP contribution in [0.5, 0.6) is 0 Å². The van der Waals surface area contributed by atoms with Crippen molar-refractivity contribution in [2.75, 3.05) is 5.73 Å². The van der Waals surface area contributed by atoms with Gasteiger partial charge in [-0.25, -0.2) is 0 Å². The zero-order valence-corrected chi connectivity index (χ0v) is 13.8. The largest absolute Gasteiger partial charge is 0.398 e. The van der Waals surface area contributed by atoms with Crippen LogP contribution >= 0.6 is 0 Å². The van der Waals surface area contributed by atoms with Gasteiger partial charge < -0.3 is 5.73 Å². The smallest absolute Gasteiger partial charge is 0.170 e. The van der Waals surface area contributed by atoms with Gasteiger partial charge in [-0.05, 0) is 24.8 Å². The number of pyridine rings is 1. The van der Waals surface area contributed by atoms with E-state index in [1.54, 1.807) is 6.08 Å². The van der Waals surface area contributed by atoms with Crippen LogP contribution < -0.4 is 5.73 Å². The molecular formula is C20H24N2O. The van der Waals surface area contributed by atoms with Crippen molar-refractivity contribution < 1.29 is 4.79 Å². The molecule has 0 aliphatic heterocycles. The Morgan fingerprint density at radius 3 is 2.96 bits per heavy atom. The summed E-state index contributed by atoms with van der Waals surface area (Å²) in [4.78, 5) is 17.4. The highest BCUT2D eigenvalue weighted by Gasteiger charge is 2.33. The highest BCUT2D eigenvalue weighted by molar-refractivity contribution is 6.11. The van der Waals surface area contributed by atoms with E-state index >= 15 is 0 Å². The van der Waals surface area contributed by atoms with Crippen LogP contribution in [0.4, 0.5) is 5.69 Å². The monoisotopic (exact) mass is 308 g/mol. The lowest BCUT2D eigenvalue weighted by Gasteiger charge is -2.11. The second kappa shape index (κ2) is 6.53. The van der Waals surface area contributed by atoms with E-state index in [-0.39, 0.29) is 11.7 Å². The molecular weight excluding hydrogens is 284 g/mol. The van der Waals surface area contributed by atoms with Gasteiger partial charge in [-0.3, -0.25) is 9.78 Å². The molecule has 1 aliphatic carbocycles. The fourth-order valence-electron chi connectivity index (χ4n) is 3.53. The van der Waals surface area contributed by atoms with Crippen LogP contribution in [0.25, 0.3) is 10.9 Å². The number of rotatable bonds is 6. The number of carbonyl (C=O) groups is 1. The Labute approximate surface area is 137 Å². The van der Waals surface area contributed by atoms with Gasteiger partial charge in [-0.2, -0.15) is 0 Å². The van der Waals surface area contributed by atoms with Crippen LogP contribution in [0.2, 0.25) is 0 Å². The zero-order chi connectivity index (χ0) is 16.4. The summed E-state index contributed by atoms with van der Waals surface area (Å²) in [7, 11) is 0. The number of Topliss-reactive ketones (excluding diaryl/α,β-unsaturated/α-hetero) is 1. The van der Waals surface area contributed by atoms with E-state index in [4.69, 9.17) is 10.7 Å². The highest BCUT2D eigenvalue weighted by Crippen LogP contribution is 2.36. The maximum atomic E-state index is 12.6. The third-order valence-corrected chi connectivity index (χ3v) is 4.77. The molecule has 0 radical (unpaired) electrons. The van der Waals surface area contributed by atoms with E-state index in [9.17, 15) is 4.79 Å². The molecule has 0 spiro atoms. The number of hydrogen-bond donors (Lipinski definition) is 1. The lowest BCUT2D eigenvalue weighted by molar-refractivity contribution is 0.0938. The van der Waals surface area contributed by atoms with Gasteiger partial charge in [0.15, 0.2) is 5.78 Å². The standard InChI is InChI=1S/C20H24N2O/c1-3-5-6-9-13-10-7-11-15-18(21)17-16(22-19(13)15)12-14(8-4-2)20(17)23/h4,7,10-11,14H,2-3,5-6,8-9,12H2,1H3,(H2,21,22). The molecule has 1 unspecified atom stereocenters. The summed E-state index contributed by atoms with van der Waals surface area (Å²) in [6, 6.07) is 6.14. The fourth-order valence-corrected chi connectivity index (χ4v) is 3.53. The van der Waals surface area contributed by atoms with E-state index in [1.165, 1.54) is 18.4 Å². The molecule has 1 heterocycles. The molecule has 23 heavy (non-hydrogen) atoms. The van der Waals surface area contributed by atoms with Crippen LogP contribution in [-0.4, -0.2) is 10.8 Å². The van der Waals surface area contributed by atoms with Crippen LogP contribution in [0.3, 0.4) is 0 Å². The number of aromatic nitrogens is 1. The van der Waals surface area contributed by atoms with E-state index in [0.29, 0.717) is 24.1 Å². The number of hydrogen-bond acceptors (Lipinski definition) is 3. The maximum Gasteiger partial charge on any atom is 0.170 e. The summed E-state index contributed by atoms with van der Waals surface area (Å²) in [6.45, 7) is 5.96. The van der Waals surface area contributed by atoms with E-state index in [2.05, 4.69) is 19.6 Å². The number of para-hydroxylation sites is 1. The lowest BCUT2D eigenvalue weighted by Crippen LogP contribution is -2.09. The van der Waals surface area contributed by atoms with Crippen LogP contribution in [0.1, 0.15) is 54.2 Å². The van der Waals surface area contributed by atoms with E-state index in [1.807, 2.05) is 12.1 Å². The van der Waals surface area contributed by atoms with Crippen molar-refractivity contribution in [1.82, 2.24) is 4.98 Å². The summed E-state index contributed by atoms with van der Waals surface area (Å²) < 4.78 is 0. The van der Waals surface area contributed by atoms with Gasteiger partial charge in [-0.15, -0.1) is 6.58 Å². The Balaban J connectivity index is 2.06. The molecule has 0 saturated heterocycles. The summed E-state index contributed by atoms with van der Waals surface area (Å²) in [5, 5.41) is 0.922. The van der Waals surface area contributed by atoms with Crippen molar-refractivity contribution in [1.29, 1.82) is 0 Å². The van der Waals surface area contributed by atoms with E-state index < -0.39 is 0 Å². The second-order valence-corrected chi connectivity index (χ2v) is 6.41. The third kappa shape index (κ3) is 2.76. The van der Waals surface area contributed by atoms with Crippen molar-refractivity contribution in [2.24, 2.45) is 5.92 Å². The molecule has 0 saturated carbocycles. The van der Waals surface area contributed by atoms with Crippen molar-refractivity contribution in [2.45, 2.75) is 45.4 Å². The Hall–Kier alpha value is -2.16. The maximum absolute atomic E-state index is 12.6. The number of carbonyl (C=O) groups excluding carboxylic acids is 1. The predicted octanol–water partition coefficient (Wildman–Crippen LogP) is 4.48. The molecule has 3 rings (SSSR count). The predicted molar refractivity (Wildman–Crippen MR) is 95.7 cm³/mol. The lowest BCUT2D eigenvalue weighted by atomic mass is 9.99. The minimum absolute atomic E-state index is 0.0438. The average molecular weight is 308 g/mol. The Morgan fingerprint density at radius 1 is 1.39 bits per heavy atom. The summed E-state index contributed by atoms with van der Waals surface area (Å²) in [6.07, 6.45) is 7.77. The molecule has 120 valence electrons. The van der Waals surface area contributed by atoms with Gasteiger partial charge in [0.2, 0.25) is 0 Å². The number of ketones is 1. The first-order valence-corrected chi connectivity index (χ1v) is 8.52. The number of unbranched alkanes of at least 4 members (excludes halogenated alkanes) is 2. The summed E-state index contributed by atoms with van der Waals surface area (Å²) in [5.41, 5.74) is 10.7. The molecule has 3 nitrogen and oxygen atoms in total. The normalized spacial score (nSPS) is 16.7. The number of fused-ring (bicyclic) bond motifs is 2. The molecule has 1 aromatic carbocycles. The van der Waals surface area contributed by atoms with Gasteiger partial charge in [0.1, 0.15) is 0 Å². The Bertz CT molecular complexity index is 764. The molecule has 2 aromatic rings. The Morgan fingerprint density at radius 2 is 2.22 bits per heavy atom. The third-order valence-electron chi connectivity index (χ3n) is 4.77. The summed E-state index contributed by atoms with van der Waals surface area (Å²) >= 11 is 0. The van der Waals surface area contributed by atoms with Crippen molar-refractivity contribution in [3.8, 4) is 0 Å². The van der Waals surface area contributed by atoms with Gasteiger partial charge >= 0.3 is 0 Å². The minimum Gasteiger partial charge on any atom is -0.398 e. The molecule has 0 amide bonds. The molecule has 1 aromatic heterocycles. The molecule has 1 aliphatic rings. The minimum atomic E-state index is -0.0438. The van der Waals surface area contributed by atoms with Crippen LogP contribution in [-0.2, 0) is 12.8 Å². The number of nitrogens with two attached hydrogens (primary N) is 1. The number of nitrogens with zero attached hydrogens (tertiary/aromatic N) is 1. The number of anilines is 1. The summed E-state index contributed by atoms with van der Waals surface area (Å²) in [5.74, 6) is 0.0841. The van der Waals surface area contributed by atoms with Gasteiger partial charge in [0.25, 0.3) is 0 Å². The average Bonchev–Trinajstić information content (AvgIpc) is 2.85. The van der Waals surface area contributed by atoms with Crippen LogP contribution in [0.15, 0.2) is 30.9 Å². The highest BCUT2D eigenvalue weighted by atomic mass is 16.1. The number of aryl methyl sites for hydroxylation is 1. The first kappa shape index (κ1) is 15.7. The SMILES string of the molecule is C=CCC1Cc2nc3c(CCCCC)cccc3c(N)c2C1=O. The molecule has 3 heteroatoms.